The second-order valence-corrected chi connectivity index (χ2v) is 26.9. The predicted molar refractivity (Wildman–Crippen MR) is 330 cm³/mol. The summed E-state index contributed by atoms with van der Waals surface area (Å²) in [6.45, 7) is 23.0. The van der Waals surface area contributed by atoms with Crippen molar-refractivity contribution in [2.75, 3.05) is 0 Å². The van der Waals surface area contributed by atoms with Gasteiger partial charge in [0.05, 0.1) is 11.0 Å². The van der Waals surface area contributed by atoms with E-state index in [1.165, 1.54) is 110 Å². The molecule has 4 aliphatic rings. The molecule has 89 heavy (non-hydrogen) atoms. The molecule has 8 aromatic carbocycles. The molecule has 0 bridgehead atoms. The van der Waals surface area contributed by atoms with E-state index in [1.54, 1.807) is 10.9 Å². The van der Waals surface area contributed by atoms with Crippen molar-refractivity contribution in [3.05, 3.63) is 204 Å². The van der Waals surface area contributed by atoms with Gasteiger partial charge in [0.15, 0.2) is 0 Å². The Bertz CT molecular complexity index is 4820. The number of alkyl halides is 9. The van der Waals surface area contributed by atoms with Gasteiger partial charge in [-0.05, 0) is 93.3 Å². The minimum Gasteiger partial charge on any atom is -0.310 e. The number of nitrogens with zero attached hydrogens (tertiary/aromatic N) is 2. The van der Waals surface area contributed by atoms with E-state index in [1.807, 2.05) is 0 Å². The maximum Gasteiger partial charge on any atom is 0.522 e. The molecule has 0 fully saturated rings. The molecule has 0 aliphatic carbocycles. The molecule has 0 unspecified atom stereocenters. The van der Waals surface area contributed by atoms with Crippen LogP contribution in [-0.2, 0) is 67.0 Å². The van der Waals surface area contributed by atoms with E-state index in [-0.39, 0.29) is 43.4 Å². The van der Waals surface area contributed by atoms with Crippen molar-refractivity contribution < 1.29 is 104 Å². The third-order valence-electron chi connectivity index (χ3n) is 16.6. The number of rotatable bonds is 3. The quantitative estimate of drug-likeness (QED) is 0.0673. The SMILES string of the molecule is C=C(C)c1cccc(C(=C)C)c1B1c2ccccc2-n2c3ccccc3c3cccc1c32.CC1(C)c2cccc3c2B2c4c1cccc4C(C)(C)c1ccc4c5ccccc5n-3c4c12.O=S(=O)(O)C(F)(F)F.O=S(=O)(O)C(F)(F)F.O=S(=O)(O)C(F)(F)F.[Sc]. The molecule has 11 nitrogen and oxygen atoms in total. The summed E-state index contributed by atoms with van der Waals surface area (Å²) in [6, 6.07) is 58.7. The van der Waals surface area contributed by atoms with Crippen LogP contribution in [-0.4, -0.2) is 78.0 Å². The molecule has 0 atom stereocenters. The van der Waals surface area contributed by atoms with E-state index < -0.39 is 46.9 Å². The van der Waals surface area contributed by atoms with E-state index in [0.29, 0.717) is 6.71 Å². The number of para-hydroxylation sites is 4. The topological polar surface area (TPSA) is 173 Å². The minimum atomic E-state index is -5.84. The molecular formula is C63H51B2F9N2O9S3Sc. The van der Waals surface area contributed by atoms with Gasteiger partial charge in [-0.1, -0.05) is 196 Å². The van der Waals surface area contributed by atoms with Crippen LogP contribution in [0.3, 0.4) is 0 Å². The van der Waals surface area contributed by atoms with Crippen LogP contribution in [0.15, 0.2) is 171 Å². The first-order valence-electron chi connectivity index (χ1n) is 26.8. The van der Waals surface area contributed by atoms with Crippen molar-refractivity contribution >= 4 is 131 Å². The molecule has 6 heterocycles. The van der Waals surface area contributed by atoms with Crippen LogP contribution < -0.4 is 32.8 Å². The molecular weight excluding hydrogens is 1260 g/mol. The zero-order chi connectivity index (χ0) is 64.6. The normalized spacial score (nSPS) is 14.6. The van der Waals surface area contributed by atoms with Crippen molar-refractivity contribution in [3.63, 3.8) is 0 Å². The van der Waals surface area contributed by atoms with E-state index in [9.17, 15) is 39.5 Å². The van der Waals surface area contributed by atoms with Crippen LogP contribution in [0.4, 0.5) is 39.5 Å². The first-order valence-corrected chi connectivity index (χ1v) is 31.1. The Morgan fingerprint density at radius 1 is 0.404 bits per heavy atom. The molecule has 14 rings (SSSR count). The second-order valence-electron chi connectivity index (χ2n) is 22.6. The average Bonchev–Trinajstić information content (AvgIpc) is 1.66. The Labute approximate surface area is 525 Å². The molecule has 26 heteroatoms. The molecule has 0 amide bonds. The van der Waals surface area contributed by atoms with Gasteiger partial charge < -0.3 is 9.13 Å². The number of fused-ring (bicyclic) bond motifs is 9. The van der Waals surface area contributed by atoms with Crippen molar-refractivity contribution in [3.8, 4) is 11.4 Å². The summed E-state index contributed by atoms with van der Waals surface area (Å²) in [4.78, 5) is 0. The van der Waals surface area contributed by atoms with Crippen molar-refractivity contribution in [1.82, 2.24) is 9.13 Å². The largest absolute Gasteiger partial charge is 0.522 e. The first kappa shape index (κ1) is 66.4. The molecule has 4 aliphatic heterocycles. The summed E-state index contributed by atoms with van der Waals surface area (Å²) in [6.07, 6.45) is 0. The van der Waals surface area contributed by atoms with E-state index in [4.69, 9.17) is 38.9 Å². The number of hydrogen-bond donors (Lipinski definition) is 3. The van der Waals surface area contributed by atoms with Gasteiger partial charge in [-0.25, -0.2) is 0 Å². The van der Waals surface area contributed by atoms with E-state index in [0.717, 1.165) is 11.1 Å². The van der Waals surface area contributed by atoms with E-state index in [2.05, 4.69) is 222 Å². The molecule has 3 N–H and O–H groups in total. The summed E-state index contributed by atoms with van der Waals surface area (Å²) < 4.78 is 178. The van der Waals surface area contributed by atoms with Crippen LogP contribution in [0.5, 0.6) is 0 Å². The summed E-state index contributed by atoms with van der Waals surface area (Å²) in [5, 5.41) is 5.35. The Hall–Kier alpha value is -7.06. The van der Waals surface area contributed by atoms with Gasteiger partial charge in [-0.15, -0.1) is 0 Å². The Morgan fingerprint density at radius 2 is 0.753 bits per heavy atom. The zero-order valence-corrected chi connectivity index (χ0v) is 52.2. The zero-order valence-electron chi connectivity index (χ0n) is 48.0. The maximum atomic E-state index is 10.7. The van der Waals surface area contributed by atoms with Gasteiger partial charge in [0.2, 0.25) is 13.4 Å². The molecule has 457 valence electrons. The van der Waals surface area contributed by atoms with E-state index >= 15 is 0 Å². The molecule has 0 saturated carbocycles. The minimum absolute atomic E-state index is 0. The number of aromatic nitrogens is 2. The van der Waals surface area contributed by atoms with Crippen LogP contribution in [0, 0.1) is 0 Å². The van der Waals surface area contributed by atoms with Crippen LogP contribution in [0.25, 0.3) is 66.1 Å². The summed E-state index contributed by atoms with van der Waals surface area (Å²) in [5.41, 5.74) is 10.5. The van der Waals surface area contributed by atoms with Gasteiger partial charge in [0, 0.05) is 80.6 Å². The number of hydrogen-bond acceptors (Lipinski definition) is 6. The first-order chi connectivity index (χ1) is 40.7. The average molecular weight is 1310 g/mol. The second kappa shape index (κ2) is 22.7. The maximum absolute atomic E-state index is 10.7. The molecule has 10 aromatic rings. The molecule has 1 radical (unpaired) electrons. The van der Waals surface area contributed by atoms with Gasteiger partial charge in [-0.3, -0.25) is 13.7 Å². The molecule has 2 aromatic heterocycles. The smallest absolute Gasteiger partial charge is 0.310 e. The fraction of sp³-hybridized carbons (Fsp3) is 0.175. The fourth-order valence-corrected chi connectivity index (χ4v) is 13.0. The summed E-state index contributed by atoms with van der Waals surface area (Å²) >= 11 is 0. The standard InChI is InChI=1S/2C30H24BN.3CHF3O3S.Sc/c1-29(2)19-10-7-11-20-25(19)31-26-21(29)12-8-14-24(26)32-23-13-6-5-9-17(23)18-15-16-22(30(20,3)4)27(31)28(18)32;1-19(2)21-12-9-13-22(20(3)4)29(21)31-25-15-6-8-18-28(25)32-27-17-7-5-11-23(27)24-14-10-16-26(31)30(24)32;3*2-1(3,4)8(5,6)7;/h5-16H,1-4H3;5-18H,1,3H2,2,4H3;3*(H,5,6,7);. The van der Waals surface area contributed by atoms with Gasteiger partial charge in [-0.2, -0.15) is 64.8 Å². The monoisotopic (exact) mass is 1310 g/mol. The fourth-order valence-electron chi connectivity index (χ4n) is 13.0. The molecule has 0 spiro atoms. The summed E-state index contributed by atoms with van der Waals surface area (Å²) in [7, 11) is -17.5. The van der Waals surface area contributed by atoms with Crippen LogP contribution >= 0.6 is 0 Å². The van der Waals surface area contributed by atoms with Crippen LogP contribution in [0.2, 0.25) is 0 Å². The van der Waals surface area contributed by atoms with Gasteiger partial charge in [0.1, 0.15) is 0 Å². The third kappa shape index (κ3) is 11.0. The summed E-state index contributed by atoms with van der Waals surface area (Å²) in [5.74, 6) is 0. The Balaban J connectivity index is 0.000000154. The number of halogens is 9. The molecule has 0 saturated heterocycles. The van der Waals surface area contributed by atoms with Crippen molar-refractivity contribution in [2.45, 2.75) is 68.9 Å². The number of benzene rings is 8. The van der Waals surface area contributed by atoms with Gasteiger partial charge >= 0.3 is 46.9 Å². The predicted octanol–water partition coefficient (Wildman–Crippen LogP) is 11.8. The number of allylic oxidation sites excluding steroid dienone is 2. The van der Waals surface area contributed by atoms with Crippen LogP contribution in [0.1, 0.15) is 74.9 Å². The van der Waals surface area contributed by atoms with Crippen molar-refractivity contribution in [2.24, 2.45) is 0 Å². The Kier molecular flexibility index (Phi) is 16.9. The van der Waals surface area contributed by atoms with Crippen molar-refractivity contribution in [1.29, 1.82) is 0 Å². The van der Waals surface area contributed by atoms with Gasteiger partial charge in [0.25, 0.3) is 0 Å². The third-order valence-corrected chi connectivity index (χ3v) is 18.3. The Morgan fingerprint density at radius 3 is 1.22 bits per heavy atom.